The van der Waals surface area contributed by atoms with Gasteiger partial charge < -0.3 is 0 Å². The number of amides is 1. The predicted molar refractivity (Wildman–Crippen MR) is 88.3 cm³/mol. The molecule has 2 aromatic heterocycles. The molecule has 0 saturated carbocycles. The van der Waals surface area contributed by atoms with Crippen LogP contribution in [0.2, 0.25) is 0 Å². The average molecular weight is 291 g/mol. The Balaban J connectivity index is 2.19. The number of anilines is 2. The Kier molecular flexibility index (Phi) is 3.59. The van der Waals surface area contributed by atoms with E-state index in [9.17, 15) is 4.79 Å². The average Bonchev–Trinajstić information content (AvgIpc) is 2.47. The Morgan fingerprint density at radius 2 is 1.73 bits per heavy atom. The van der Waals surface area contributed by atoms with E-state index in [-0.39, 0.29) is 5.91 Å². The minimum absolute atomic E-state index is 0.111. The first kappa shape index (κ1) is 14.2. The van der Waals surface area contributed by atoms with Gasteiger partial charge in [0.25, 0.3) is 0 Å². The van der Waals surface area contributed by atoms with Crippen molar-refractivity contribution in [3.05, 3.63) is 59.8 Å². The first-order valence-corrected chi connectivity index (χ1v) is 7.17. The molecule has 0 N–H and O–H groups in total. The highest BCUT2D eigenvalue weighted by Gasteiger charge is 2.18. The minimum Gasteiger partial charge on any atom is -0.274 e. The number of aromatic nitrogens is 2. The van der Waals surface area contributed by atoms with Gasteiger partial charge in [0.15, 0.2) is 0 Å². The number of carbonyl (C=O) groups excluding carboxylic acids is 1. The number of benzene rings is 1. The van der Waals surface area contributed by atoms with Crippen molar-refractivity contribution in [2.75, 3.05) is 4.90 Å². The summed E-state index contributed by atoms with van der Waals surface area (Å²) in [5.41, 5.74) is 2.82. The molecule has 3 aromatic rings. The van der Waals surface area contributed by atoms with Crippen molar-refractivity contribution in [3.63, 3.8) is 0 Å². The number of aryl methyl sites for hydroxylation is 2. The second kappa shape index (κ2) is 5.56. The quantitative estimate of drug-likeness (QED) is 0.718. The lowest BCUT2D eigenvalue weighted by Crippen LogP contribution is -2.25. The fourth-order valence-electron chi connectivity index (χ4n) is 2.54. The monoisotopic (exact) mass is 291 g/mol. The largest absolute Gasteiger partial charge is 0.274 e. The zero-order valence-electron chi connectivity index (χ0n) is 12.9. The van der Waals surface area contributed by atoms with E-state index in [1.54, 1.807) is 4.90 Å². The van der Waals surface area contributed by atoms with Crippen molar-refractivity contribution in [1.29, 1.82) is 0 Å². The van der Waals surface area contributed by atoms with Crippen LogP contribution in [0.1, 0.15) is 18.2 Å². The van der Waals surface area contributed by atoms with Crippen LogP contribution in [0.5, 0.6) is 0 Å². The predicted octanol–water partition coefficient (Wildman–Crippen LogP) is 3.93. The van der Waals surface area contributed by atoms with E-state index in [0.29, 0.717) is 11.6 Å². The topological polar surface area (TPSA) is 46.1 Å². The van der Waals surface area contributed by atoms with Gasteiger partial charge in [0, 0.05) is 18.0 Å². The molecule has 0 aliphatic carbocycles. The molecule has 0 bridgehead atoms. The summed E-state index contributed by atoms with van der Waals surface area (Å²) in [5, 5.41) is 1.09. The Labute approximate surface area is 129 Å². The molecule has 0 unspecified atom stereocenters. The first-order valence-electron chi connectivity index (χ1n) is 7.17. The van der Waals surface area contributed by atoms with Crippen LogP contribution in [0, 0.1) is 13.8 Å². The lowest BCUT2D eigenvalue weighted by atomic mass is 10.1. The fraction of sp³-hybridized carbons (Fsp3) is 0.167. The van der Waals surface area contributed by atoms with Gasteiger partial charge in [-0.15, -0.1) is 0 Å². The first-order chi connectivity index (χ1) is 10.6. The Morgan fingerprint density at radius 3 is 2.45 bits per heavy atom. The molecule has 0 saturated heterocycles. The summed E-state index contributed by atoms with van der Waals surface area (Å²) in [7, 11) is 0. The number of hydrogen-bond donors (Lipinski definition) is 0. The smallest absolute Gasteiger partial charge is 0.230 e. The van der Waals surface area contributed by atoms with Crippen LogP contribution >= 0.6 is 0 Å². The number of para-hydroxylation sites is 1. The van der Waals surface area contributed by atoms with Crippen molar-refractivity contribution in [1.82, 2.24) is 9.97 Å². The lowest BCUT2D eigenvalue weighted by Gasteiger charge is -2.20. The van der Waals surface area contributed by atoms with Gasteiger partial charge in [-0.2, -0.15) is 0 Å². The molecule has 0 aliphatic heterocycles. The molecule has 0 fully saturated rings. The van der Waals surface area contributed by atoms with Crippen LogP contribution in [-0.4, -0.2) is 15.9 Å². The molecule has 0 aliphatic rings. The maximum Gasteiger partial charge on any atom is 0.230 e. The molecular weight excluding hydrogens is 274 g/mol. The van der Waals surface area contributed by atoms with Crippen LogP contribution in [0.15, 0.2) is 48.5 Å². The molecule has 3 rings (SSSR count). The molecule has 1 amide bonds. The molecule has 1 aromatic carbocycles. The van der Waals surface area contributed by atoms with Crippen molar-refractivity contribution in [2.45, 2.75) is 20.8 Å². The van der Waals surface area contributed by atoms with E-state index in [2.05, 4.69) is 9.97 Å². The van der Waals surface area contributed by atoms with Gasteiger partial charge in [-0.05, 0) is 43.7 Å². The van der Waals surface area contributed by atoms with Crippen molar-refractivity contribution in [3.8, 4) is 0 Å². The fourth-order valence-corrected chi connectivity index (χ4v) is 2.54. The summed E-state index contributed by atoms with van der Waals surface area (Å²) in [4.78, 5) is 22.8. The maximum atomic E-state index is 12.1. The third-order valence-electron chi connectivity index (χ3n) is 3.56. The standard InChI is InChI=1S/C18H17N3O/c1-12-11-18(20-16-9-5-4-8-15(12)16)21(14(3)22)17-10-6-7-13(2)19-17/h4-11H,1-3H3. The Bertz CT molecular complexity index is 858. The lowest BCUT2D eigenvalue weighted by molar-refractivity contribution is -0.115. The van der Waals surface area contributed by atoms with Crippen molar-refractivity contribution in [2.24, 2.45) is 0 Å². The number of fused-ring (bicyclic) bond motifs is 1. The summed E-state index contributed by atoms with van der Waals surface area (Å²) in [6, 6.07) is 15.5. The van der Waals surface area contributed by atoms with E-state index in [4.69, 9.17) is 0 Å². The van der Waals surface area contributed by atoms with Crippen molar-refractivity contribution < 1.29 is 4.79 Å². The zero-order chi connectivity index (χ0) is 15.7. The van der Waals surface area contributed by atoms with Gasteiger partial charge in [-0.1, -0.05) is 24.3 Å². The van der Waals surface area contributed by atoms with Crippen LogP contribution in [0.25, 0.3) is 10.9 Å². The molecule has 110 valence electrons. The second-order valence-electron chi connectivity index (χ2n) is 5.31. The van der Waals surface area contributed by atoms with Crippen LogP contribution < -0.4 is 4.90 Å². The molecule has 4 heteroatoms. The highest BCUT2D eigenvalue weighted by atomic mass is 16.2. The number of carbonyl (C=O) groups is 1. The van der Waals surface area contributed by atoms with E-state index in [0.717, 1.165) is 22.2 Å². The minimum atomic E-state index is -0.111. The third-order valence-corrected chi connectivity index (χ3v) is 3.56. The van der Waals surface area contributed by atoms with Gasteiger partial charge in [0.2, 0.25) is 5.91 Å². The Hall–Kier alpha value is -2.75. The number of pyridine rings is 2. The zero-order valence-corrected chi connectivity index (χ0v) is 12.9. The molecule has 0 spiro atoms. The second-order valence-corrected chi connectivity index (χ2v) is 5.31. The maximum absolute atomic E-state index is 12.1. The van der Waals surface area contributed by atoms with Gasteiger partial charge in [-0.25, -0.2) is 14.9 Å². The molecule has 22 heavy (non-hydrogen) atoms. The van der Waals surface area contributed by atoms with Gasteiger partial charge in [-0.3, -0.25) is 4.79 Å². The molecular formula is C18H17N3O. The third kappa shape index (κ3) is 2.55. The van der Waals surface area contributed by atoms with Crippen LogP contribution in [0.3, 0.4) is 0 Å². The number of rotatable bonds is 2. The van der Waals surface area contributed by atoms with Gasteiger partial charge >= 0.3 is 0 Å². The van der Waals surface area contributed by atoms with Crippen LogP contribution in [0.4, 0.5) is 11.6 Å². The summed E-state index contributed by atoms with van der Waals surface area (Å²) >= 11 is 0. The van der Waals surface area contributed by atoms with E-state index >= 15 is 0 Å². The number of hydrogen-bond acceptors (Lipinski definition) is 3. The van der Waals surface area contributed by atoms with Crippen molar-refractivity contribution >= 4 is 28.4 Å². The molecule has 0 radical (unpaired) electrons. The van der Waals surface area contributed by atoms with Gasteiger partial charge in [0.1, 0.15) is 11.6 Å². The van der Waals surface area contributed by atoms with E-state index < -0.39 is 0 Å². The van der Waals surface area contributed by atoms with E-state index in [1.807, 2.05) is 62.4 Å². The highest BCUT2D eigenvalue weighted by molar-refractivity contribution is 5.98. The molecule has 4 nitrogen and oxygen atoms in total. The SMILES string of the molecule is CC(=O)N(c1cccc(C)n1)c1cc(C)c2ccccc2n1. The molecule has 2 heterocycles. The molecule has 0 atom stereocenters. The normalized spacial score (nSPS) is 10.7. The van der Waals surface area contributed by atoms with E-state index in [1.165, 1.54) is 6.92 Å². The van der Waals surface area contributed by atoms with Gasteiger partial charge in [0.05, 0.1) is 5.52 Å². The number of nitrogens with zero attached hydrogens (tertiary/aromatic N) is 3. The summed E-state index contributed by atoms with van der Waals surface area (Å²) in [6.45, 7) is 5.45. The summed E-state index contributed by atoms with van der Waals surface area (Å²) in [6.07, 6.45) is 0. The summed E-state index contributed by atoms with van der Waals surface area (Å²) < 4.78 is 0. The summed E-state index contributed by atoms with van der Waals surface area (Å²) in [5.74, 6) is 1.08. The Morgan fingerprint density at radius 1 is 0.955 bits per heavy atom. The highest BCUT2D eigenvalue weighted by Crippen LogP contribution is 2.27. The van der Waals surface area contributed by atoms with Crippen LogP contribution in [-0.2, 0) is 4.79 Å².